The summed E-state index contributed by atoms with van der Waals surface area (Å²) in [4.78, 5) is 3.34. The molecule has 3 aromatic rings. The van der Waals surface area contributed by atoms with Gasteiger partial charge in [-0.25, -0.2) is 0 Å². The van der Waals surface area contributed by atoms with Gasteiger partial charge in [0.1, 0.15) is 31.9 Å². The van der Waals surface area contributed by atoms with Gasteiger partial charge in [-0.05, 0) is 69.4 Å². The molecule has 2 N–H and O–H groups in total. The van der Waals surface area contributed by atoms with Crippen molar-refractivity contribution in [2.45, 2.75) is 6.92 Å². The second kappa shape index (κ2) is 11.1. The molecular weight excluding hydrogens is 427 g/mol. The highest BCUT2D eigenvalue weighted by molar-refractivity contribution is 7.08. The van der Waals surface area contributed by atoms with Crippen LogP contribution in [0.5, 0.6) is 0 Å². The first-order valence-electron chi connectivity index (χ1n) is 9.31. The molecule has 0 amide bonds. The number of rotatable bonds is 5. The molecular formula is C22H26Cl2N2S2. The van der Waals surface area contributed by atoms with Gasteiger partial charge in [-0.1, -0.05) is 18.2 Å². The van der Waals surface area contributed by atoms with E-state index in [1.165, 1.54) is 54.1 Å². The van der Waals surface area contributed by atoms with Gasteiger partial charge in [0.05, 0.1) is 6.54 Å². The van der Waals surface area contributed by atoms with Gasteiger partial charge < -0.3 is 29.7 Å². The number of nitrogens with one attached hydrogen (secondary N) is 2. The highest BCUT2D eigenvalue weighted by atomic mass is 35.5. The summed E-state index contributed by atoms with van der Waals surface area (Å²) in [6, 6.07) is 13.3. The van der Waals surface area contributed by atoms with E-state index in [1.807, 2.05) is 0 Å². The highest BCUT2D eigenvalue weighted by Gasteiger charge is 2.24. The lowest BCUT2D eigenvalue weighted by atomic mass is 10.0. The first-order valence-corrected chi connectivity index (χ1v) is 11.2. The number of thiophene rings is 2. The lowest BCUT2D eigenvalue weighted by Crippen LogP contribution is -3.26. The summed E-state index contributed by atoms with van der Waals surface area (Å²) in [6.45, 7) is 8.27. The third-order valence-corrected chi connectivity index (χ3v) is 6.71. The molecule has 6 heteroatoms. The summed E-state index contributed by atoms with van der Waals surface area (Å²) >= 11 is 3.56. The van der Waals surface area contributed by atoms with Crippen LogP contribution in [0.2, 0.25) is 0 Å². The molecule has 0 radical (unpaired) electrons. The highest BCUT2D eigenvalue weighted by Crippen LogP contribution is 2.26. The van der Waals surface area contributed by atoms with Crippen LogP contribution in [-0.4, -0.2) is 32.7 Å². The predicted octanol–water partition coefficient (Wildman–Crippen LogP) is -3.33. The first-order chi connectivity index (χ1) is 12.8. The van der Waals surface area contributed by atoms with Crippen molar-refractivity contribution in [3.8, 4) is 0 Å². The van der Waals surface area contributed by atoms with Crippen molar-refractivity contribution in [3.05, 3.63) is 80.7 Å². The summed E-state index contributed by atoms with van der Waals surface area (Å²) in [5.41, 5.74) is 7.02. The summed E-state index contributed by atoms with van der Waals surface area (Å²) in [6.07, 6.45) is 2.46. The fraction of sp³-hybridized carbons (Fsp3) is 0.273. The van der Waals surface area contributed by atoms with Crippen molar-refractivity contribution < 1.29 is 34.6 Å². The van der Waals surface area contributed by atoms with Crippen LogP contribution in [0.4, 0.5) is 5.69 Å². The molecule has 150 valence electrons. The maximum Gasteiger partial charge on any atom is 0.134 e. The number of aryl methyl sites for hydroxylation is 1. The predicted molar refractivity (Wildman–Crippen MR) is 113 cm³/mol. The second-order valence-corrected chi connectivity index (χ2v) is 8.57. The van der Waals surface area contributed by atoms with Crippen molar-refractivity contribution in [3.63, 3.8) is 0 Å². The summed E-state index contributed by atoms with van der Waals surface area (Å²) in [7, 11) is 0. The molecule has 0 aliphatic carbocycles. The Labute approximate surface area is 188 Å². The summed E-state index contributed by atoms with van der Waals surface area (Å²) < 4.78 is 0. The Morgan fingerprint density at radius 2 is 1.50 bits per heavy atom. The van der Waals surface area contributed by atoms with Crippen molar-refractivity contribution in [2.24, 2.45) is 0 Å². The minimum Gasteiger partial charge on any atom is -1.00 e. The van der Waals surface area contributed by atoms with E-state index in [4.69, 9.17) is 0 Å². The zero-order valence-electron chi connectivity index (χ0n) is 16.0. The normalized spacial score (nSPS) is 18.6. The Hall–Kier alpha value is -1.14. The zero-order chi connectivity index (χ0) is 17.8. The van der Waals surface area contributed by atoms with E-state index in [0.29, 0.717) is 0 Å². The average Bonchev–Trinajstić information content (AvgIpc) is 3.38. The largest absolute Gasteiger partial charge is 1.00 e. The fourth-order valence-electron chi connectivity index (χ4n) is 3.83. The van der Waals surface area contributed by atoms with Crippen molar-refractivity contribution >= 4 is 33.9 Å². The van der Waals surface area contributed by atoms with Crippen LogP contribution in [0.3, 0.4) is 0 Å². The van der Waals surface area contributed by atoms with E-state index in [9.17, 15) is 0 Å². The number of para-hydroxylation sites is 1. The molecule has 1 aromatic carbocycles. The molecule has 4 rings (SSSR count). The Morgan fingerprint density at radius 3 is 2.04 bits per heavy atom. The van der Waals surface area contributed by atoms with Gasteiger partial charge in [0.15, 0.2) is 0 Å². The first kappa shape index (κ1) is 23.1. The minimum atomic E-state index is 0. The SMILES string of the molecule is Cc1ccccc1[NH+]1CC[NH+](CC=C(c2ccsc2)c2ccsc2)CC1.[Cl-].[Cl-]. The molecule has 0 spiro atoms. The molecule has 0 atom stereocenters. The fourth-order valence-corrected chi connectivity index (χ4v) is 5.14. The van der Waals surface area contributed by atoms with Crippen molar-refractivity contribution in [2.75, 3.05) is 32.7 Å². The molecule has 1 fully saturated rings. The molecule has 1 aliphatic rings. The molecule has 1 saturated heterocycles. The van der Waals surface area contributed by atoms with Crippen LogP contribution >= 0.6 is 22.7 Å². The maximum atomic E-state index is 2.46. The Balaban J connectivity index is 0.00000140. The third kappa shape index (κ3) is 5.47. The van der Waals surface area contributed by atoms with Gasteiger partial charge in [0.25, 0.3) is 0 Å². The van der Waals surface area contributed by atoms with E-state index in [2.05, 4.69) is 70.9 Å². The van der Waals surface area contributed by atoms with Gasteiger partial charge in [0.2, 0.25) is 0 Å². The quantitative estimate of drug-likeness (QED) is 0.400. The second-order valence-electron chi connectivity index (χ2n) is 7.01. The van der Waals surface area contributed by atoms with Gasteiger partial charge in [-0.15, -0.1) is 0 Å². The van der Waals surface area contributed by atoms with Crippen LogP contribution in [0.15, 0.2) is 64.0 Å². The van der Waals surface area contributed by atoms with E-state index in [-0.39, 0.29) is 24.8 Å². The standard InChI is InChI=1S/C22H24N2S2.2ClH/c1-18-4-2-3-5-22(18)24-12-10-23(11-13-24)9-6-21(19-7-14-25-16-19)20-8-15-26-17-20;;/h2-8,14-17H,9-13H2,1H3;2*1H. The van der Waals surface area contributed by atoms with Crippen LogP contribution in [0.1, 0.15) is 16.7 Å². The topological polar surface area (TPSA) is 8.88 Å². The van der Waals surface area contributed by atoms with Crippen LogP contribution < -0.4 is 34.6 Å². The Bertz CT molecular complexity index is 816. The minimum absolute atomic E-state index is 0. The number of halogens is 2. The van der Waals surface area contributed by atoms with E-state index in [0.717, 1.165) is 6.54 Å². The van der Waals surface area contributed by atoms with Gasteiger partial charge in [0, 0.05) is 5.56 Å². The van der Waals surface area contributed by atoms with Gasteiger partial charge in [-0.3, -0.25) is 4.90 Å². The van der Waals surface area contributed by atoms with E-state index >= 15 is 0 Å². The molecule has 1 aliphatic heterocycles. The lowest BCUT2D eigenvalue weighted by Gasteiger charge is -2.29. The number of hydrogen-bond donors (Lipinski definition) is 2. The smallest absolute Gasteiger partial charge is 0.134 e. The molecule has 28 heavy (non-hydrogen) atoms. The Morgan fingerprint density at radius 1 is 0.893 bits per heavy atom. The van der Waals surface area contributed by atoms with Gasteiger partial charge in [-0.2, -0.15) is 22.7 Å². The van der Waals surface area contributed by atoms with Crippen LogP contribution in [0.25, 0.3) is 5.57 Å². The molecule has 2 aromatic heterocycles. The number of piperazine rings is 1. The third-order valence-electron chi connectivity index (χ3n) is 5.35. The maximum absolute atomic E-state index is 2.46. The lowest BCUT2D eigenvalue weighted by molar-refractivity contribution is -0.983. The monoisotopic (exact) mass is 452 g/mol. The Kier molecular flexibility index (Phi) is 9.22. The van der Waals surface area contributed by atoms with Crippen LogP contribution in [0, 0.1) is 6.92 Å². The molecule has 0 unspecified atom stereocenters. The summed E-state index contributed by atoms with van der Waals surface area (Å²) in [5.74, 6) is 0. The van der Waals surface area contributed by atoms with Crippen molar-refractivity contribution in [1.29, 1.82) is 0 Å². The van der Waals surface area contributed by atoms with Gasteiger partial charge >= 0.3 is 0 Å². The summed E-state index contributed by atoms with van der Waals surface area (Å²) in [5, 5.41) is 8.87. The van der Waals surface area contributed by atoms with E-state index in [1.54, 1.807) is 32.5 Å². The molecule has 2 nitrogen and oxygen atoms in total. The average molecular weight is 454 g/mol. The number of benzene rings is 1. The molecule has 0 bridgehead atoms. The molecule has 3 heterocycles. The zero-order valence-corrected chi connectivity index (χ0v) is 19.1. The number of quaternary nitrogens is 2. The van der Waals surface area contributed by atoms with E-state index < -0.39 is 0 Å². The number of hydrogen-bond acceptors (Lipinski definition) is 2. The molecule has 0 saturated carbocycles. The van der Waals surface area contributed by atoms with Crippen molar-refractivity contribution in [1.82, 2.24) is 0 Å². The van der Waals surface area contributed by atoms with Crippen LogP contribution in [-0.2, 0) is 0 Å².